The number of nitrogens with zero attached hydrogens (tertiary/aromatic N) is 2. The van der Waals surface area contributed by atoms with Gasteiger partial charge in [0.2, 0.25) is 11.8 Å². The summed E-state index contributed by atoms with van der Waals surface area (Å²) in [5.74, 6) is -0.380. The lowest BCUT2D eigenvalue weighted by atomic mass is 10.1. The first kappa shape index (κ1) is 24.7. The highest BCUT2D eigenvalue weighted by Gasteiger charge is 2.35. The van der Waals surface area contributed by atoms with E-state index in [1.807, 2.05) is 56.3 Å². The molecule has 3 aromatic rings. The van der Waals surface area contributed by atoms with Crippen molar-refractivity contribution in [2.45, 2.75) is 50.6 Å². The molecule has 0 radical (unpaired) electrons. The summed E-state index contributed by atoms with van der Waals surface area (Å²) in [5, 5.41) is 4.27. The minimum atomic E-state index is -3.66. The van der Waals surface area contributed by atoms with Crippen LogP contribution in [0.2, 0.25) is 0 Å². The zero-order valence-corrected chi connectivity index (χ0v) is 21.1. The molecule has 0 unspecified atom stereocenters. The molecule has 1 aliphatic heterocycles. The number of benzene rings is 3. The number of aryl methyl sites for hydroxylation is 1. The van der Waals surface area contributed by atoms with Crippen LogP contribution in [-0.4, -0.2) is 44.8 Å². The number of anilines is 1. The molecule has 184 valence electrons. The highest BCUT2D eigenvalue weighted by molar-refractivity contribution is 7.93. The fraction of sp³-hybridized carbons (Fsp3) is 0.333. The Labute approximate surface area is 206 Å². The summed E-state index contributed by atoms with van der Waals surface area (Å²) in [6, 6.07) is 18.0. The van der Waals surface area contributed by atoms with Gasteiger partial charge in [-0.15, -0.1) is 0 Å². The number of likely N-dealkylation sites (N-methyl/N-ethyl adjacent to an activating group) is 1. The van der Waals surface area contributed by atoms with E-state index in [4.69, 9.17) is 0 Å². The quantitative estimate of drug-likeness (QED) is 0.488. The maximum absolute atomic E-state index is 13.4. The number of rotatable bonds is 9. The van der Waals surface area contributed by atoms with Crippen molar-refractivity contribution in [3.05, 3.63) is 71.8 Å². The van der Waals surface area contributed by atoms with Crippen LogP contribution in [0.4, 0.5) is 5.69 Å². The lowest BCUT2D eigenvalue weighted by Crippen LogP contribution is -2.48. The van der Waals surface area contributed by atoms with Gasteiger partial charge in [0.25, 0.3) is 10.0 Å². The van der Waals surface area contributed by atoms with Gasteiger partial charge in [0, 0.05) is 31.9 Å². The van der Waals surface area contributed by atoms with Gasteiger partial charge in [-0.05, 0) is 48.4 Å². The Hall–Kier alpha value is -3.39. The molecular formula is C27H31N3O4S. The van der Waals surface area contributed by atoms with Gasteiger partial charge in [-0.2, -0.15) is 0 Å². The third-order valence-corrected chi connectivity index (χ3v) is 8.52. The lowest BCUT2D eigenvalue weighted by molar-refractivity contribution is -0.141. The first-order chi connectivity index (χ1) is 16.8. The predicted molar refractivity (Wildman–Crippen MR) is 138 cm³/mol. The topological polar surface area (TPSA) is 86.8 Å². The van der Waals surface area contributed by atoms with E-state index in [0.717, 1.165) is 21.9 Å². The van der Waals surface area contributed by atoms with Crippen molar-refractivity contribution in [1.29, 1.82) is 0 Å². The van der Waals surface area contributed by atoms with Crippen LogP contribution in [0.1, 0.15) is 37.3 Å². The maximum Gasteiger partial charge on any atom is 0.265 e. The van der Waals surface area contributed by atoms with Crippen LogP contribution in [-0.2, 0) is 26.2 Å². The first-order valence-electron chi connectivity index (χ1n) is 11.9. The molecule has 2 amide bonds. The van der Waals surface area contributed by atoms with Crippen molar-refractivity contribution in [2.24, 2.45) is 0 Å². The summed E-state index contributed by atoms with van der Waals surface area (Å²) in [5.41, 5.74) is 2.68. The van der Waals surface area contributed by atoms with Crippen LogP contribution < -0.4 is 9.62 Å². The minimum Gasteiger partial charge on any atom is -0.357 e. The third-order valence-electron chi connectivity index (χ3n) is 6.67. The SMILES string of the molecule is CC[C@@H](C(=O)NC)N(Cc1ccccc1C)C(=O)CCCN1c2cccc3cccc(c23)S1(=O)=O. The molecule has 1 heterocycles. The van der Waals surface area contributed by atoms with Gasteiger partial charge in [0.05, 0.1) is 10.6 Å². The Morgan fingerprint density at radius 2 is 1.74 bits per heavy atom. The van der Waals surface area contributed by atoms with Crippen molar-refractivity contribution in [3.8, 4) is 0 Å². The standard InChI is InChI=1S/C27H31N3O4S/c1-4-22(27(32)28-3)29(18-21-11-6-5-10-19(21)2)25(31)16-9-17-30-23-14-7-12-20-13-8-15-24(26(20)23)35(30,33)34/h5-8,10-15,22H,4,9,16-18H2,1-3H3,(H,28,32)/t22-/m0/s1. The van der Waals surface area contributed by atoms with Gasteiger partial charge < -0.3 is 10.2 Å². The Morgan fingerprint density at radius 1 is 1.03 bits per heavy atom. The summed E-state index contributed by atoms with van der Waals surface area (Å²) < 4.78 is 27.8. The second kappa shape index (κ2) is 10.1. The molecule has 35 heavy (non-hydrogen) atoms. The summed E-state index contributed by atoms with van der Waals surface area (Å²) >= 11 is 0. The third kappa shape index (κ3) is 4.62. The Bertz CT molecular complexity index is 1360. The molecule has 7 nitrogen and oxygen atoms in total. The van der Waals surface area contributed by atoms with Gasteiger partial charge >= 0.3 is 0 Å². The maximum atomic E-state index is 13.4. The predicted octanol–water partition coefficient (Wildman–Crippen LogP) is 3.99. The molecule has 0 saturated heterocycles. The second-order valence-corrected chi connectivity index (χ2v) is 10.6. The Kier molecular flexibility index (Phi) is 7.12. The molecule has 4 rings (SSSR count). The average molecular weight is 494 g/mol. The molecule has 8 heteroatoms. The molecule has 1 N–H and O–H groups in total. The van der Waals surface area contributed by atoms with Crippen LogP contribution in [0, 0.1) is 6.92 Å². The minimum absolute atomic E-state index is 0.137. The first-order valence-corrected chi connectivity index (χ1v) is 13.3. The summed E-state index contributed by atoms with van der Waals surface area (Å²) in [7, 11) is -2.10. The van der Waals surface area contributed by atoms with Crippen molar-refractivity contribution >= 4 is 38.3 Å². The van der Waals surface area contributed by atoms with Crippen LogP contribution in [0.3, 0.4) is 0 Å². The van der Waals surface area contributed by atoms with Gasteiger partial charge in [-0.25, -0.2) is 8.42 Å². The molecule has 0 aliphatic carbocycles. The molecule has 1 atom stereocenters. The van der Waals surface area contributed by atoms with E-state index in [1.165, 1.54) is 4.31 Å². The molecule has 0 saturated carbocycles. The second-order valence-electron chi connectivity index (χ2n) is 8.80. The van der Waals surface area contributed by atoms with E-state index >= 15 is 0 Å². The van der Waals surface area contributed by atoms with Gasteiger partial charge in [0.15, 0.2) is 0 Å². The van der Waals surface area contributed by atoms with Gasteiger partial charge in [-0.3, -0.25) is 13.9 Å². The molecule has 0 aromatic heterocycles. The summed E-state index contributed by atoms with van der Waals surface area (Å²) in [6.45, 7) is 4.38. The van der Waals surface area contributed by atoms with E-state index in [-0.39, 0.29) is 24.8 Å². The zero-order chi connectivity index (χ0) is 25.2. The van der Waals surface area contributed by atoms with E-state index in [0.29, 0.717) is 30.0 Å². The Morgan fingerprint density at radius 3 is 2.43 bits per heavy atom. The van der Waals surface area contributed by atoms with Crippen molar-refractivity contribution in [1.82, 2.24) is 10.2 Å². The number of amides is 2. The van der Waals surface area contributed by atoms with E-state index in [9.17, 15) is 18.0 Å². The van der Waals surface area contributed by atoms with Crippen molar-refractivity contribution < 1.29 is 18.0 Å². The number of nitrogens with one attached hydrogen (secondary N) is 1. The number of carbonyl (C=O) groups is 2. The largest absolute Gasteiger partial charge is 0.357 e. The number of hydrogen-bond donors (Lipinski definition) is 1. The van der Waals surface area contributed by atoms with Crippen molar-refractivity contribution in [2.75, 3.05) is 17.9 Å². The highest BCUT2D eigenvalue weighted by atomic mass is 32.2. The smallest absolute Gasteiger partial charge is 0.265 e. The van der Waals surface area contributed by atoms with Crippen molar-refractivity contribution in [3.63, 3.8) is 0 Å². The monoisotopic (exact) mass is 493 g/mol. The van der Waals surface area contributed by atoms with E-state index < -0.39 is 16.1 Å². The molecule has 0 spiro atoms. The summed E-state index contributed by atoms with van der Waals surface area (Å²) in [6.07, 6.45) is 0.962. The molecule has 1 aliphatic rings. The average Bonchev–Trinajstić information content (AvgIpc) is 3.07. The highest BCUT2D eigenvalue weighted by Crippen LogP contribution is 2.42. The zero-order valence-electron chi connectivity index (χ0n) is 20.3. The fourth-order valence-electron chi connectivity index (χ4n) is 4.77. The van der Waals surface area contributed by atoms with Crippen LogP contribution in [0.5, 0.6) is 0 Å². The van der Waals surface area contributed by atoms with Crippen LogP contribution in [0.25, 0.3) is 10.8 Å². The lowest BCUT2D eigenvalue weighted by Gasteiger charge is -2.31. The van der Waals surface area contributed by atoms with Crippen LogP contribution >= 0.6 is 0 Å². The van der Waals surface area contributed by atoms with Gasteiger partial charge in [-0.1, -0.05) is 55.5 Å². The Balaban J connectivity index is 1.53. The molecule has 0 bridgehead atoms. The van der Waals surface area contributed by atoms with E-state index in [1.54, 1.807) is 30.1 Å². The number of hydrogen-bond acceptors (Lipinski definition) is 4. The number of carbonyl (C=O) groups excluding carboxylic acids is 2. The van der Waals surface area contributed by atoms with Crippen LogP contribution in [0.15, 0.2) is 65.6 Å². The summed E-state index contributed by atoms with van der Waals surface area (Å²) in [4.78, 5) is 27.9. The van der Waals surface area contributed by atoms with E-state index in [2.05, 4.69) is 5.32 Å². The molecule has 3 aromatic carbocycles. The normalized spacial score (nSPS) is 14.7. The van der Waals surface area contributed by atoms with Gasteiger partial charge in [0.1, 0.15) is 6.04 Å². The number of sulfonamides is 1. The molecular weight excluding hydrogens is 462 g/mol. The fourth-order valence-corrected chi connectivity index (χ4v) is 6.52. The molecule has 0 fully saturated rings.